The summed E-state index contributed by atoms with van der Waals surface area (Å²) in [4.78, 5) is 41.1. The molecule has 1 heterocycles. The summed E-state index contributed by atoms with van der Waals surface area (Å²) in [7, 11) is 0. The summed E-state index contributed by atoms with van der Waals surface area (Å²) in [6.45, 7) is 1.90. The maximum atomic E-state index is 13.6. The maximum absolute atomic E-state index is 13.6. The SMILES string of the molecule is Cc1ccc(NC(=O)C(Sc2ccc(NC(=O)/C(=C\c3ccc(-c4ccccc4)o3)NC(=O)c3ccccc3)cc2)c2ccccc2)cc1Cl. The molecule has 0 aliphatic heterocycles. The highest BCUT2D eigenvalue weighted by molar-refractivity contribution is 8.00. The second-order valence-electron chi connectivity index (χ2n) is 11.3. The molecule has 1 unspecified atom stereocenters. The van der Waals surface area contributed by atoms with Crippen LogP contribution in [0.1, 0.15) is 32.5 Å². The fourth-order valence-electron chi connectivity index (χ4n) is 5.00. The Morgan fingerprint density at radius 3 is 2.04 bits per heavy atom. The van der Waals surface area contributed by atoms with Gasteiger partial charge in [-0.1, -0.05) is 96.5 Å². The monoisotopic (exact) mass is 697 g/mol. The van der Waals surface area contributed by atoms with E-state index in [9.17, 15) is 14.4 Å². The molecule has 1 aromatic heterocycles. The first kappa shape index (κ1) is 34.0. The van der Waals surface area contributed by atoms with E-state index >= 15 is 0 Å². The number of anilines is 2. The number of rotatable bonds is 11. The molecule has 0 saturated heterocycles. The second-order valence-corrected chi connectivity index (χ2v) is 12.9. The van der Waals surface area contributed by atoms with Gasteiger partial charge >= 0.3 is 0 Å². The van der Waals surface area contributed by atoms with Gasteiger partial charge in [-0.15, -0.1) is 11.8 Å². The van der Waals surface area contributed by atoms with E-state index in [1.165, 1.54) is 17.8 Å². The molecular formula is C41H32ClN3O4S. The fourth-order valence-corrected chi connectivity index (χ4v) is 6.21. The zero-order valence-corrected chi connectivity index (χ0v) is 28.5. The van der Waals surface area contributed by atoms with Gasteiger partial charge in [0.15, 0.2) is 0 Å². The van der Waals surface area contributed by atoms with Crippen LogP contribution in [-0.2, 0) is 9.59 Å². The Morgan fingerprint density at radius 2 is 1.36 bits per heavy atom. The molecule has 9 heteroatoms. The molecule has 1 atom stereocenters. The Bertz CT molecular complexity index is 2130. The predicted molar refractivity (Wildman–Crippen MR) is 201 cm³/mol. The number of carbonyl (C=O) groups excluding carboxylic acids is 3. The minimum absolute atomic E-state index is 0.00304. The van der Waals surface area contributed by atoms with Gasteiger partial charge in [-0.25, -0.2) is 0 Å². The summed E-state index contributed by atoms with van der Waals surface area (Å²) in [5.41, 5.74) is 4.16. The van der Waals surface area contributed by atoms with Gasteiger partial charge in [0, 0.05) is 38.5 Å². The molecule has 0 spiro atoms. The van der Waals surface area contributed by atoms with E-state index in [2.05, 4.69) is 16.0 Å². The van der Waals surface area contributed by atoms with Crippen molar-refractivity contribution in [1.29, 1.82) is 0 Å². The lowest BCUT2D eigenvalue weighted by Crippen LogP contribution is -2.30. The second kappa shape index (κ2) is 16.0. The fraction of sp³-hybridized carbons (Fsp3) is 0.0488. The van der Waals surface area contributed by atoms with Gasteiger partial charge in [-0.3, -0.25) is 14.4 Å². The molecule has 248 valence electrons. The van der Waals surface area contributed by atoms with Crippen molar-refractivity contribution in [2.45, 2.75) is 17.1 Å². The minimum atomic E-state index is -0.562. The van der Waals surface area contributed by atoms with Gasteiger partial charge in [-0.05, 0) is 78.7 Å². The van der Waals surface area contributed by atoms with E-state index < -0.39 is 17.1 Å². The van der Waals surface area contributed by atoms with E-state index in [4.69, 9.17) is 16.0 Å². The van der Waals surface area contributed by atoms with Crippen LogP contribution in [0.4, 0.5) is 11.4 Å². The minimum Gasteiger partial charge on any atom is -0.457 e. The van der Waals surface area contributed by atoms with Crippen LogP contribution in [0.3, 0.4) is 0 Å². The third-order valence-electron chi connectivity index (χ3n) is 7.65. The van der Waals surface area contributed by atoms with E-state index in [0.717, 1.165) is 21.6 Å². The molecule has 0 aliphatic carbocycles. The maximum Gasteiger partial charge on any atom is 0.272 e. The van der Waals surface area contributed by atoms with Crippen molar-refractivity contribution in [3.05, 3.63) is 179 Å². The average Bonchev–Trinajstić information content (AvgIpc) is 3.62. The van der Waals surface area contributed by atoms with Gasteiger partial charge in [0.1, 0.15) is 22.5 Å². The number of carbonyl (C=O) groups is 3. The van der Waals surface area contributed by atoms with Crippen LogP contribution < -0.4 is 16.0 Å². The van der Waals surface area contributed by atoms with Crippen molar-refractivity contribution < 1.29 is 18.8 Å². The van der Waals surface area contributed by atoms with Crippen molar-refractivity contribution in [2.24, 2.45) is 0 Å². The summed E-state index contributed by atoms with van der Waals surface area (Å²) in [6, 6.07) is 43.9. The van der Waals surface area contributed by atoms with Crippen molar-refractivity contribution in [2.75, 3.05) is 10.6 Å². The van der Waals surface area contributed by atoms with Crippen LogP contribution in [0.25, 0.3) is 17.4 Å². The highest BCUT2D eigenvalue weighted by atomic mass is 35.5. The number of amides is 3. The Hall–Kier alpha value is -5.83. The van der Waals surface area contributed by atoms with Crippen LogP contribution in [0.5, 0.6) is 0 Å². The molecular weight excluding hydrogens is 666 g/mol. The number of nitrogens with one attached hydrogen (secondary N) is 3. The zero-order chi connectivity index (χ0) is 34.9. The lowest BCUT2D eigenvalue weighted by atomic mass is 10.1. The average molecular weight is 698 g/mol. The molecule has 0 bridgehead atoms. The van der Waals surface area contributed by atoms with Crippen LogP contribution in [-0.4, -0.2) is 17.7 Å². The highest BCUT2D eigenvalue weighted by Crippen LogP contribution is 2.37. The van der Waals surface area contributed by atoms with E-state index in [1.807, 2.05) is 104 Å². The van der Waals surface area contributed by atoms with Crippen molar-refractivity contribution in [3.8, 4) is 11.3 Å². The highest BCUT2D eigenvalue weighted by Gasteiger charge is 2.23. The molecule has 50 heavy (non-hydrogen) atoms. The van der Waals surface area contributed by atoms with Gasteiger partial charge in [-0.2, -0.15) is 0 Å². The summed E-state index contributed by atoms with van der Waals surface area (Å²) in [5, 5.41) is 8.61. The number of hydrogen-bond acceptors (Lipinski definition) is 5. The molecule has 0 aliphatic rings. The lowest BCUT2D eigenvalue weighted by Gasteiger charge is -2.18. The van der Waals surface area contributed by atoms with Crippen molar-refractivity contribution in [3.63, 3.8) is 0 Å². The van der Waals surface area contributed by atoms with Gasteiger partial charge in [0.25, 0.3) is 11.8 Å². The molecule has 3 amide bonds. The van der Waals surface area contributed by atoms with E-state index in [0.29, 0.717) is 33.5 Å². The third kappa shape index (κ3) is 8.79. The van der Waals surface area contributed by atoms with Crippen LogP contribution >= 0.6 is 23.4 Å². The lowest BCUT2D eigenvalue weighted by molar-refractivity contribution is -0.116. The number of thioether (sulfide) groups is 1. The standard InChI is InChI=1S/C41H32ClN3O4S/c1-27-17-18-32(25-35(27)42)44-41(48)38(29-13-7-3-8-14-29)50-34-22-19-31(20-23-34)43-40(47)36(45-39(46)30-15-9-4-10-16-30)26-33-21-24-37(49-33)28-11-5-2-6-12-28/h2-26,38H,1H3,(H,43,47)(H,44,48)(H,45,46)/b36-26+. The topological polar surface area (TPSA) is 100 Å². The molecule has 0 fully saturated rings. The quantitative estimate of drug-likeness (QED) is 0.0925. The number of hydrogen-bond donors (Lipinski definition) is 3. The molecule has 0 saturated carbocycles. The first-order valence-electron chi connectivity index (χ1n) is 15.8. The smallest absolute Gasteiger partial charge is 0.272 e. The number of benzene rings is 5. The van der Waals surface area contributed by atoms with Gasteiger partial charge in [0.05, 0.1) is 0 Å². The first-order valence-corrected chi connectivity index (χ1v) is 17.0. The molecule has 0 radical (unpaired) electrons. The first-order chi connectivity index (χ1) is 24.3. The third-order valence-corrected chi connectivity index (χ3v) is 9.32. The summed E-state index contributed by atoms with van der Waals surface area (Å²) < 4.78 is 6.00. The molecule has 6 aromatic rings. The molecule has 3 N–H and O–H groups in total. The van der Waals surface area contributed by atoms with Crippen LogP contribution in [0.2, 0.25) is 5.02 Å². The van der Waals surface area contributed by atoms with Crippen molar-refractivity contribution >= 4 is 58.5 Å². The number of halogens is 1. The summed E-state index contributed by atoms with van der Waals surface area (Å²) in [6.07, 6.45) is 1.50. The molecule has 5 aromatic carbocycles. The normalized spacial score (nSPS) is 11.8. The summed E-state index contributed by atoms with van der Waals surface area (Å²) in [5.74, 6) is -0.148. The van der Waals surface area contributed by atoms with Crippen LogP contribution in [0, 0.1) is 6.92 Å². The molecule has 7 nitrogen and oxygen atoms in total. The summed E-state index contributed by atoms with van der Waals surface area (Å²) >= 11 is 7.68. The number of aryl methyl sites for hydroxylation is 1. The molecule has 6 rings (SSSR count). The predicted octanol–water partition coefficient (Wildman–Crippen LogP) is 9.79. The van der Waals surface area contributed by atoms with Crippen LogP contribution in [0.15, 0.2) is 161 Å². The Morgan fingerprint density at radius 1 is 0.720 bits per heavy atom. The van der Waals surface area contributed by atoms with Gasteiger partial charge < -0.3 is 20.4 Å². The Kier molecular flexibility index (Phi) is 10.9. The largest absolute Gasteiger partial charge is 0.457 e. The number of furan rings is 1. The Balaban J connectivity index is 1.20. The van der Waals surface area contributed by atoms with Crippen molar-refractivity contribution in [1.82, 2.24) is 5.32 Å². The van der Waals surface area contributed by atoms with E-state index in [-0.39, 0.29) is 11.6 Å². The Labute approximate surface area is 299 Å². The van der Waals surface area contributed by atoms with E-state index in [1.54, 1.807) is 48.5 Å². The zero-order valence-electron chi connectivity index (χ0n) is 26.9. The van der Waals surface area contributed by atoms with Gasteiger partial charge in [0.2, 0.25) is 5.91 Å².